The molecule has 2 rings (SSSR count). The number of nitrogens with one attached hydrogen (secondary N) is 1. The van der Waals surface area contributed by atoms with Crippen molar-refractivity contribution < 1.29 is 18.3 Å². The molecule has 114 valence electrons. The van der Waals surface area contributed by atoms with Crippen LogP contribution < -0.4 is 10.1 Å². The van der Waals surface area contributed by atoms with Gasteiger partial charge < -0.3 is 10.1 Å². The lowest BCUT2D eigenvalue weighted by atomic mass is 10.2. The van der Waals surface area contributed by atoms with Crippen LogP contribution in [-0.2, 0) is 11.4 Å². The maximum atomic E-state index is 13.9. The highest BCUT2D eigenvalue weighted by Crippen LogP contribution is 2.25. The maximum absolute atomic E-state index is 13.9. The van der Waals surface area contributed by atoms with E-state index in [1.54, 1.807) is 6.07 Å². The Bertz CT molecular complexity index is 719. The molecular formula is C16H12ClF2NO2. The van der Waals surface area contributed by atoms with Gasteiger partial charge in [-0.15, -0.1) is 0 Å². The molecule has 2 aromatic carbocycles. The predicted octanol–water partition coefficient (Wildman–Crippen LogP) is 4.32. The summed E-state index contributed by atoms with van der Waals surface area (Å²) in [5.74, 6) is -1.70. The van der Waals surface area contributed by atoms with Gasteiger partial charge in [0.2, 0.25) is 5.91 Å². The zero-order chi connectivity index (χ0) is 16.1. The number of amides is 1. The van der Waals surface area contributed by atoms with Gasteiger partial charge in [-0.2, -0.15) is 0 Å². The fourth-order valence-corrected chi connectivity index (χ4v) is 1.88. The molecule has 0 atom stereocenters. The van der Waals surface area contributed by atoms with Gasteiger partial charge in [0.1, 0.15) is 12.4 Å². The molecule has 0 heterocycles. The van der Waals surface area contributed by atoms with E-state index in [-0.39, 0.29) is 23.1 Å². The Kier molecular flexibility index (Phi) is 5.12. The number of anilines is 1. The van der Waals surface area contributed by atoms with Gasteiger partial charge in [0.25, 0.3) is 0 Å². The summed E-state index contributed by atoms with van der Waals surface area (Å²) in [6.07, 6.45) is 1.08. The first kappa shape index (κ1) is 16.0. The highest BCUT2D eigenvalue weighted by atomic mass is 35.5. The molecule has 0 aliphatic carbocycles. The van der Waals surface area contributed by atoms with Gasteiger partial charge >= 0.3 is 0 Å². The van der Waals surface area contributed by atoms with Crippen LogP contribution in [0.4, 0.5) is 14.5 Å². The molecule has 3 nitrogen and oxygen atoms in total. The van der Waals surface area contributed by atoms with Crippen molar-refractivity contribution in [1.29, 1.82) is 0 Å². The summed E-state index contributed by atoms with van der Waals surface area (Å²) < 4.78 is 32.4. The first-order chi connectivity index (χ1) is 10.5. The second-order valence-electron chi connectivity index (χ2n) is 4.34. The quantitative estimate of drug-likeness (QED) is 0.832. The summed E-state index contributed by atoms with van der Waals surface area (Å²) in [7, 11) is 0. The Morgan fingerprint density at radius 3 is 2.73 bits per heavy atom. The number of benzene rings is 2. The van der Waals surface area contributed by atoms with Gasteiger partial charge in [-0.05, 0) is 24.3 Å². The monoisotopic (exact) mass is 323 g/mol. The average molecular weight is 324 g/mol. The molecule has 0 saturated heterocycles. The standard InChI is InChI=1S/C16H12ClF2NO2/c1-2-15(21)20-11-6-7-14(13(19)8-11)22-9-10-4-3-5-12(18)16(10)17/h2-8H,1,9H2,(H,20,21). The zero-order valence-corrected chi connectivity index (χ0v) is 12.2. The van der Waals surface area contributed by atoms with Crippen molar-refractivity contribution >= 4 is 23.2 Å². The first-order valence-electron chi connectivity index (χ1n) is 6.30. The van der Waals surface area contributed by atoms with E-state index in [0.717, 1.165) is 12.1 Å². The zero-order valence-electron chi connectivity index (χ0n) is 11.4. The summed E-state index contributed by atoms with van der Waals surface area (Å²) in [6.45, 7) is 3.22. The Morgan fingerprint density at radius 2 is 2.05 bits per heavy atom. The van der Waals surface area contributed by atoms with Crippen molar-refractivity contribution in [2.45, 2.75) is 6.61 Å². The van der Waals surface area contributed by atoms with Crippen molar-refractivity contribution in [3.05, 3.63) is 71.3 Å². The largest absolute Gasteiger partial charge is 0.486 e. The topological polar surface area (TPSA) is 38.3 Å². The molecule has 0 aromatic heterocycles. The van der Waals surface area contributed by atoms with E-state index >= 15 is 0 Å². The van der Waals surface area contributed by atoms with Gasteiger partial charge in [-0.25, -0.2) is 8.78 Å². The second-order valence-corrected chi connectivity index (χ2v) is 4.72. The maximum Gasteiger partial charge on any atom is 0.247 e. The fraction of sp³-hybridized carbons (Fsp3) is 0.0625. The molecule has 22 heavy (non-hydrogen) atoms. The van der Waals surface area contributed by atoms with Crippen LogP contribution in [0, 0.1) is 11.6 Å². The minimum atomic E-state index is -0.658. The van der Waals surface area contributed by atoms with Crippen molar-refractivity contribution in [2.75, 3.05) is 5.32 Å². The molecule has 0 unspecified atom stereocenters. The van der Waals surface area contributed by atoms with Crippen LogP contribution in [0.2, 0.25) is 5.02 Å². The average Bonchev–Trinajstić information content (AvgIpc) is 2.50. The predicted molar refractivity (Wildman–Crippen MR) is 81.0 cm³/mol. The van der Waals surface area contributed by atoms with Crippen molar-refractivity contribution in [3.63, 3.8) is 0 Å². The van der Waals surface area contributed by atoms with Gasteiger partial charge in [0.15, 0.2) is 11.6 Å². The van der Waals surface area contributed by atoms with E-state index in [4.69, 9.17) is 16.3 Å². The summed E-state index contributed by atoms with van der Waals surface area (Å²) >= 11 is 5.79. The molecular weight excluding hydrogens is 312 g/mol. The summed E-state index contributed by atoms with van der Waals surface area (Å²) in [5.41, 5.74) is 0.684. The lowest BCUT2D eigenvalue weighted by molar-refractivity contribution is -0.111. The van der Waals surface area contributed by atoms with Crippen LogP contribution in [0.5, 0.6) is 5.75 Å². The van der Waals surface area contributed by atoms with Crippen LogP contribution in [0.3, 0.4) is 0 Å². The fourth-order valence-electron chi connectivity index (χ4n) is 1.70. The smallest absolute Gasteiger partial charge is 0.247 e. The van der Waals surface area contributed by atoms with Crippen molar-refractivity contribution in [1.82, 2.24) is 0 Å². The third-order valence-corrected chi connectivity index (χ3v) is 3.22. The van der Waals surface area contributed by atoms with Crippen LogP contribution in [0.25, 0.3) is 0 Å². The molecule has 0 aliphatic heterocycles. The Labute approximate surface area is 131 Å². The summed E-state index contributed by atoms with van der Waals surface area (Å²) in [4.78, 5) is 11.1. The Balaban J connectivity index is 2.09. The lowest BCUT2D eigenvalue weighted by Gasteiger charge is -2.10. The van der Waals surface area contributed by atoms with Gasteiger partial charge in [-0.1, -0.05) is 30.3 Å². The SMILES string of the molecule is C=CC(=O)Nc1ccc(OCc2cccc(F)c2Cl)c(F)c1. The number of hydrogen-bond acceptors (Lipinski definition) is 2. The number of rotatable bonds is 5. The van der Waals surface area contributed by atoms with Gasteiger partial charge in [-0.3, -0.25) is 4.79 Å². The van der Waals surface area contributed by atoms with Gasteiger partial charge in [0, 0.05) is 17.3 Å². The van der Waals surface area contributed by atoms with Crippen LogP contribution in [0.1, 0.15) is 5.56 Å². The normalized spacial score (nSPS) is 10.1. The van der Waals surface area contributed by atoms with E-state index < -0.39 is 17.5 Å². The summed E-state index contributed by atoms with van der Waals surface area (Å²) in [5, 5.41) is 2.37. The minimum Gasteiger partial charge on any atom is -0.486 e. The van der Waals surface area contributed by atoms with Crippen molar-refractivity contribution in [2.24, 2.45) is 0 Å². The highest BCUT2D eigenvalue weighted by Gasteiger charge is 2.09. The third-order valence-electron chi connectivity index (χ3n) is 2.80. The van der Waals surface area contributed by atoms with Crippen LogP contribution >= 0.6 is 11.6 Å². The minimum absolute atomic E-state index is 0.0306. The molecule has 0 spiro atoms. The molecule has 6 heteroatoms. The molecule has 1 N–H and O–H groups in total. The first-order valence-corrected chi connectivity index (χ1v) is 6.67. The molecule has 0 fully saturated rings. The van der Waals surface area contributed by atoms with E-state index in [0.29, 0.717) is 5.56 Å². The molecule has 0 radical (unpaired) electrons. The molecule has 2 aromatic rings. The Morgan fingerprint density at radius 1 is 1.27 bits per heavy atom. The second kappa shape index (κ2) is 7.04. The third kappa shape index (κ3) is 3.83. The highest BCUT2D eigenvalue weighted by molar-refractivity contribution is 6.31. The number of ether oxygens (including phenoxy) is 1. The number of carbonyl (C=O) groups excluding carboxylic acids is 1. The van der Waals surface area contributed by atoms with Crippen molar-refractivity contribution in [3.8, 4) is 5.75 Å². The van der Waals surface area contributed by atoms with E-state index in [9.17, 15) is 13.6 Å². The molecule has 0 bridgehead atoms. The molecule has 0 aliphatic rings. The van der Waals surface area contributed by atoms with E-state index in [2.05, 4.69) is 11.9 Å². The number of hydrogen-bond donors (Lipinski definition) is 1. The van der Waals surface area contributed by atoms with Crippen LogP contribution in [0.15, 0.2) is 49.1 Å². The van der Waals surface area contributed by atoms with Crippen LogP contribution in [-0.4, -0.2) is 5.91 Å². The van der Waals surface area contributed by atoms with E-state index in [1.807, 2.05) is 0 Å². The Hall–Kier alpha value is -2.40. The van der Waals surface area contributed by atoms with Gasteiger partial charge in [0.05, 0.1) is 5.02 Å². The molecule has 0 saturated carbocycles. The number of carbonyl (C=O) groups is 1. The summed E-state index contributed by atoms with van der Waals surface area (Å²) in [6, 6.07) is 8.26. The lowest BCUT2D eigenvalue weighted by Crippen LogP contribution is -2.07. The molecule has 1 amide bonds. The van der Waals surface area contributed by atoms with E-state index in [1.165, 1.54) is 24.3 Å². The number of halogens is 3.